The van der Waals surface area contributed by atoms with Crippen molar-refractivity contribution in [2.75, 3.05) is 0 Å². The molecule has 0 aliphatic carbocycles. The Morgan fingerprint density at radius 2 is 2.29 bits per heavy atom. The molecule has 1 atom stereocenters. The van der Waals surface area contributed by atoms with E-state index in [2.05, 4.69) is 4.98 Å². The molecule has 1 aliphatic heterocycles. The Labute approximate surface area is 105 Å². The third-order valence-electron chi connectivity index (χ3n) is 2.62. The first-order chi connectivity index (χ1) is 8.16. The summed E-state index contributed by atoms with van der Waals surface area (Å²) in [7, 11) is 5.99. The molecule has 17 heavy (non-hydrogen) atoms. The van der Waals surface area contributed by atoms with E-state index in [-0.39, 0.29) is 0 Å². The predicted molar refractivity (Wildman–Crippen MR) is 71.4 cm³/mol. The summed E-state index contributed by atoms with van der Waals surface area (Å²) in [5.41, 5.74) is 1.29. The van der Waals surface area contributed by atoms with Gasteiger partial charge in [0.05, 0.1) is 11.1 Å². The molecule has 4 heteroatoms. The molecule has 1 aliphatic rings. The van der Waals surface area contributed by atoms with E-state index in [4.69, 9.17) is 12.6 Å². The molecule has 2 nitrogen and oxygen atoms in total. The monoisotopic (exact) mass is 239 g/mol. The molecule has 2 heterocycles. The first kappa shape index (κ1) is 10.6. The van der Waals surface area contributed by atoms with Crippen LogP contribution in [0.5, 0.6) is 5.75 Å². The molecule has 1 unspecified atom stereocenters. The molecule has 0 amide bonds. The van der Waals surface area contributed by atoms with Crippen LogP contribution in [0, 0.1) is 0 Å². The number of hydrogen-bond donors (Lipinski definition) is 0. The van der Waals surface area contributed by atoms with Crippen molar-refractivity contribution in [1.82, 2.24) is 4.98 Å². The Kier molecular flexibility index (Phi) is 2.33. The van der Waals surface area contributed by atoms with Crippen molar-refractivity contribution in [2.45, 2.75) is 12.4 Å². The van der Waals surface area contributed by atoms with Crippen LogP contribution in [0.15, 0.2) is 35.9 Å². The molecule has 1 aromatic heterocycles. The van der Waals surface area contributed by atoms with Crippen molar-refractivity contribution in [3.8, 4) is 16.3 Å². The van der Waals surface area contributed by atoms with Crippen molar-refractivity contribution in [3.05, 3.63) is 41.4 Å². The van der Waals surface area contributed by atoms with E-state index in [1.807, 2.05) is 42.7 Å². The van der Waals surface area contributed by atoms with Gasteiger partial charge in [0.2, 0.25) is 0 Å². The van der Waals surface area contributed by atoms with Gasteiger partial charge in [-0.15, -0.1) is 11.3 Å². The summed E-state index contributed by atoms with van der Waals surface area (Å²) in [6.07, 6.45) is 5.65. The molecule has 0 fully saturated rings. The summed E-state index contributed by atoms with van der Waals surface area (Å²) in [4.78, 5) is 4.32. The maximum atomic E-state index is 5.99. The Morgan fingerprint density at radius 3 is 3.06 bits per heavy atom. The van der Waals surface area contributed by atoms with Gasteiger partial charge in [0.1, 0.15) is 18.6 Å². The number of hydrogen-bond acceptors (Lipinski definition) is 3. The second kappa shape index (κ2) is 3.74. The van der Waals surface area contributed by atoms with Crippen LogP contribution in [-0.2, 0) is 0 Å². The number of rotatable bonds is 1. The Hall–Kier alpha value is -1.55. The Bertz CT molecular complexity index is 575. The quantitative estimate of drug-likeness (QED) is 0.713. The van der Waals surface area contributed by atoms with Gasteiger partial charge in [0, 0.05) is 17.1 Å². The minimum absolute atomic E-state index is 0.750. The van der Waals surface area contributed by atoms with Crippen LogP contribution in [0.1, 0.15) is 12.5 Å². The first-order valence-electron chi connectivity index (χ1n) is 5.36. The summed E-state index contributed by atoms with van der Waals surface area (Å²) in [6.45, 7) is 1.84. The van der Waals surface area contributed by atoms with Gasteiger partial charge in [-0.25, -0.2) is 4.98 Å². The lowest BCUT2D eigenvalue weighted by molar-refractivity contribution is 0.225. The van der Waals surface area contributed by atoms with Gasteiger partial charge in [-0.05, 0) is 13.0 Å². The molecule has 0 N–H and O–H groups in total. The summed E-state index contributed by atoms with van der Waals surface area (Å²) < 4.78 is 5.83. The summed E-state index contributed by atoms with van der Waals surface area (Å²) in [5, 5.41) is 2.91. The van der Waals surface area contributed by atoms with Crippen LogP contribution in [0.3, 0.4) is 0 Å². The lowest BCUT2D eigenvalue weighted by Crippen LogP contribution is -2.32. The number of benzene rings is 1. The van der Waals surface area contributed by atoms with Gasteiger partial charge in [0.25, 0.3) is 0 Å². The molecule has 1 aromatic carbocycles. The Morgan fingerprint density at radius 1 is 1.41 bits per heavy atom. The second-order valence-corrected chi connectivity index (χ2v) is 5.07. The summed E-state index contributed by atoms with van der Waals surface area (Å²) in [5.74, 6) is 0.815. The molecule has 0 bridgehead atoms. The maximum Gasteiger partial charge on any atom is 0.137 e. The average Bonchev–Trinajstić information content (AvgIpc) is 2.80. The highest BCUT2D eigenvalue weighted by Gasteiger charge is 2.24. The van der Waals surface area contributed by atoms with E-state index in [1.165, 1.54) is 0 Å². The highest BCUT2D eigenvalue weighted by atomic mass is 32.1. The molecule has 0 saturated heterocycles. The number of aromatic nitrogens is 1. The minimum Gasteiger partial charge on any atom is -0.492 e. The molecule has 0 spiro atoms. The van der Waals surface area contributed by atoms with E-state index in [9.17, 15) is 0 Å². The van der Waals surface area contributed by atoms with Crippen LogP contribution in [-0.4, -0.2) is 18.3 Å². The maximum absolute atomic E-state index is 5.99. The number of ether oxygens (including phenoxy) is 1. The van der Waals surface area contributed by atoms with Crippen LogP contribution < -0.4 is 4.74 Å². The van der Waals surface area contributed by atoms with E-state index >= 15 is 0 Å². The van der Waals surface area contributed by atoms with Crippen LogP contribution in [0.25, 0.3) is 16.6 Å². The van der Waals surface area contributed by atoms with Crippen molar-refractivity contribution in [2.24, 2.45) is 0 Å². The van der Waals surface area contributed by atoms with Crippen molar-refractivity contribution < 1.29 is 4.74 Å². The molecular formula is C13H10BNOS. The lowest BCUT2D eigenvalue weighted by Gasteiger charge is -2.29. The number of nitrogens with zero attached hydrogens (tertiary/aromatic N) is 1. The largest absolute Gasteiger partial charge is 0.492 e. The molecule has 3 rings (SSSR count). The van der Waals surface area contributed by atoms with E-state index in [0.717, 1.165) is 21.9 Å². The van der Waals surface area contributed by atoms with Gasteiger partial charge in [-0.3, -0.25) is 0 Å². The normalized spacial score (nSPS) is 21.9. The summed E-state index contributed by atoms with van der Waals surface area (Å²) >= 11 is 1.59. The van der Waals surface area contributed by atoms with Gasteiger partial charge >= 0.3 is 0 Å². The highest BCUT2D eigenvalue weighted by molar-refractivity contribution is 7.13. The fourth-order valence-electron chi connectivity index (χ4n) is 1.83. The average molecular weight is 239 g/mol. The Balaban J connectivity index is 2.18. The molecule has 0 saturated carbocycles. The fourth-order valence-corrected chi connectivity index (χ4v) is 2.49. The molecular weight excluding hydrogens is 229 g/mol. The zero-order chi connectivity index (χ0) is 11.9. The van der Waals surface area contributed by atoms with Gasteiger partial charge in [-0.1, -0.05) is 24.3 Å². The van der Waals surface area contributed by atoms with Gasteiger partial charge < -0.3 is 4.74 Å². The van der Waals surface area contributed by atoms with Crippen LogP contribution >= 0.6 is 11.3 Å². The lowest BCUT2D eigenvalue weighted by atomic mass is 9.81. The van der Waals surface area contributed by atoms with Crippen molar-refractivity contribution >= 4 is 25.3 Å². The number of thiazole rings is 1. The number of para-hydroxylation sites is 1. The molecule has 2 aromatic rings. The van der Waals surface area contributed by atoms with E-state index < -0.39 is 5.50 Å². The van der Waals surface area contributed by atoms with E-state index in [0.29, 0.717) is 0 Å². The van der Waals surface area contributed by atoms with Crippen LogP contribution in [0.2, 0.25) is 0 Å². The van der Waals surface area contributed by atoms with Crippen LogP contribution in [0.4, 0.5) is 0 Å². The fraction of sp³-hybridized carbons (Fsp3) is 0.154. The second-order valence-electron chi connectivity index (χ2n) is 4.18. The third-order valence-corrected chi connectivity index (χ3v) is 3.43. The van der Waals surface area contributed by atoms with Gasteiger partial charge in [-0.2, -0.15) is 0 Å². The molecule has 82 valence electrons. The minimum atomic E-state index is -0.750. The van der Waals surface area contributed by atoms with Crippen molar-refractivity contribution in [3.63, 3.8) is 0 Å². The zero-order valence-electron chi connectivity index (χ0n) is 9.38. The first-order valence-corrected chi connectivity index (χ1v) is 6.24. The predicted octanol–water partition coefficient (Wildman–Crippen LogP) is 3.10. The SMILES string of the molecule is [B]C1(C)C=Cc2cccc(-c3nccs3)c2O1. The molecule has 2 radical (unpaired) electrons. The zero-order valence-corrected chi connectivity index (χ0v) is 10.2. The van der Waals surface area contributed by atoms with Crippen molar-refractivity contribution in [1.29, 1.82) is 0 Å². The highest BCUT2D eigenvalue weighted by Crippen LogP contribution is 2.39. The number of fused-ring (bicyclic) bond motifs is 1. The van der Waals surface area contributed by atoms with E-state index in [1.54, 1.807) is 17.5 Å². The third kappa shape index (κ3) is 1.89. The standard InChI is InChI=1S/C13H10BNOS/c1-13(14)6-5-9-3-2-4-10(11(9)16-13)12-15-7-8-17-12/h2-8H,1H3. The topological polar surface area (TPSA) is 22.1 Å². The van der Waals surface area contributed by atoms with Gasteiger partial charge in [0.15, 0.2) is 0 Å². The smallest absolute Gasteiger partial charge is 0.137 e. The summed E-state index contributed by atoms with van der Waals surface area (Å²) in [6, 6.07) is 6.02.